The number of hydrogen-bond acceptors (Lipinski definition) is 17. The van der Waals surface area contributed by atoms with Gasteiger partial charge in [0.2, 0.25) is 17.7 Å². The molecule has 0 fully saturated rings. The molecule has 5 aromatic rings. The Morgan fingerprint density at radius 3 is 2.13 bits per heavy atom. The van der Waals surface area contributed by atoms with Gasteiger partial charge in [-0.1, -0.05) is 68.4 Å². The molecule has 3 aromatic carbocycles. The van der Waals surface area contributed by atoms with E-state index in [1.165, 1.54) is 23.8 Å². The third kappa shape index (κ3) is 18.2. The molecule has 0 bridgehead atoms. The number of nitrogens with two attached hydrogens (primary N) is 2. The normalized spacial score (nSPS) is 12.9. The van der Waals surface area contributed by atoms with Gasteiger partial charge in [-0.05, 0) is 73.5 Å². The number of aromatic amines is 1. The number of carbonyl (C=O) groups excluding carboxylic acids is 6. The molecule has 3 heterocycles. The van der Waals surface area contributed by atoms with Crippen LogP contribution in [-0.4, -0.2) is 143 Å². The topological polar surface area (TPSA) is 316 Å². The van der Waals surface area contributed by atoms with E-state index in [1.54, 1.807) is 56.0 Å². The van der Waals surface area contributed by atoms with Crippen LogP contribution in [0.15, 0.2) is 89.7 Å². The average Bonchev–Trinajstić information content (AvgIpc) is 4.11. The highest BCUT2D eigenvalue weighted by Gasteiger charge is 2.29. The molecule has 1 aliphatic rings. The summed E-state index contributed by atoms with van der Waals surface area (Å²) in [5, 5.41) is 8.48. The van der Waals surface area contributed by atoms with Gasteiger partial charge in [0, 0.05) is 42.9 Å². The molecule has 2 aromatic heterocycles. The van der Waals surface area contributed by atoms with Crippen LogP contribution in [0.4, 0.5) is 16.3 Å². The summed E-state index contributed by atoms with van der Waals surface area (Å²) in [5.74, 6) is -1.87. The van der Waals surface area contributed by atoms with Crippen molar-refractivity contribution in [3.63, 3.8) is 0 Å². The van der Waals surface area contributed by atoms with Gasteiger partial charge < -0.3 is 60.8 Å². The number of ether oxygens (including phenoxy) is 6. The zero-order valence-electron chi connectivity index (χ0n) is 45.0. The number of imidazole rings is 1. The number of anilines is 2. The first-order valence-corrected chi connectivity index (χ1v) is 26.1. The molecular formula is C55H71N11O13. The quantitative estimate of drug-likeness (QED) is 0.0258. The van der Waals surface area contributed by atoms with E-state index in [9.17, 15) is 33.6 Å². The van der Waals surface area contributed by atoms with Gasteiger partial charge in [0.15, 0.2) is 11.5 Å². The minimum absolute atomic E-state index is 0.0142. The highest BCUT2D eigenvalue weighted by Crippen LogP contribution is 2.26. The van der Waals surface area contributed by atoms with Crippen LogP contribution >= 0.6 is 0 Å². The second-order valence-corrected chi connectivity index (χ2v) is 18.7. The van der Waals surface area contributed by atoms with E-state index in [1.807, 2.05) is 42.5 Å². The minimum atomic E-state index is -0.942. The van der Waals surface area contributed by atoms with Gasteiger partial charge in [-0.15, -0.1) is 0 Å². The molecule has 424 valence electrons. The monoisotopic (exact) mass is 1090 g/mol. The Morgan fingerprint density at radius 1 is 0.785 bits per heavy atom. The Hall–Kier alpha value is -8.19. The number of nitrogens with zero attached hydrogens (tertiary/aromatic N) is 5. The molecule has 1 aliphatic heterocycles. The molecule has 24 nitrogen and oxygen atoms in total. The molecular weight excluding hydrogens is 1020 g/mol. The first-order chi connectivity index (χ1) is 38.2. The third-order valence-corrected chi connectivity index (χ3v) is 12.4. The van der Waals surface area contributed by atoms with Gasteiger partial charge in [0.1, 0.15) is 30.0 Å². The van der Waals surface area contributed by atoms with E-state index in [2.05, 4.69) is 30.9 Å². The number of methoxy groups -OCH3 is 1. The summed E-state index contributed by atoms with van der Waals surface area (Å²) in [4.78, 5) is 104. The second kappa shape index (κ2) is 30.7. The summed E-state index contributed by atoms with van der Waals surface area (Å²) < 4.78 is 34.9. The number of H-pyrrole nitrogens is 1. The maximum atomic E-state index is 13.9. The number of unbranched alkanes of at least 4 members (excludes halogenated alkanes) is 1. The van der Waals surface area contributed by atoms with Gasteiger partial charge in [-0.2, -0.15) is 9.97 Å². The van der Waals surface area contributed by atoms with Gasteiger partial charge in [0.25, 0.3) is 11.8 Å². The zero-order valence-corrected chi connectivity index (χ0v) is 45.0. The largest absolute Gasteiger partial charge is 0.496 e. The van der Waals surface area contributed by atoms with E-state index in [0.29, 0.717) is 55.0 Å². The van der Waals surface area contributed by atoms with Crippen LogP contribution in [0.5, 0.6) is 11.8 Å². The number of nitrogens with one attached hydrogen (secondary N) is 4. The smallest absolute Gasteiger partial charge is 0.410 e. The molecule has 0 unspecified atom stereocenters. The highest BCUT2D eigenvalue weighted by atomic mass is 16.6. The van der Waals surface area contributed by atoms with Gasteiger partial charge in [-0.3, -0.25) is 38.3 Å². The lowest BCUT2D eigenvalue weighted by Crippen LogP contribution is -2.54. The Morgan fingerprint density at radius 2 is 1.46 bits per heavy atom. The summed E-state index contributed by atoms with van der Waals surface area (Å²) in [5.41, 5.74) is 15.4. The number of hydrogen-bond donors (Lipinski definition) is 6. The summed E-state index contributed by atoms with van der Waals surface area (Å²) in [7, 11) is 1.52. The fourth-order valence-corrected chi connectivity index (χ4v) is 8.24. The lowest BCUT2D eigenvalue weighted by molar-refractivity contribution is -0.137. The van der Waals surface area contributed by atoms with Gasteiger partial charge >= 0.3 is 17.8 Å². The van der Waals surface area contributed by atoms with Crippen molar-refractivity contribution in [1.29, 1.82) is 0 Å². The van der Waals surface area contributed by atoms with E-state index in [0.717, 1.165) is 16.0 Å². The summed E-state index contributed by atoms with van der Waals surface area (Å²) in [6.45, 7) is 7.91. The van der Waals surface area contributed by atoms with Crippen LogP contribution in [0.1, 0.15) is 68.7 Å². The number of fused-ring (bicyclic) bond motifs is 1. The molecule has 2 atom stereocenters. The molecule has 0 spiro atoms. The molecule has 0 radical (unpaired) electrons. The first kappa shape index (κ1) is 60.0. The van der Waals surface area contributed by atoms with Crippen molar-refractivity contribution >= 4 is 58.3 Å². The van der Waals surface area contributed by atoms with Crippen LogP contribution in [0.25, 0.3) is 11.2 Å². The maximum absolute atomic E-state index is 13.9. The molecule has 6 amide bonds. The number of amides is 6. The molecule has 79 heavy (non-hydrogen) atoms. The van der Waals surface area contributed by atoms with Crippen molar-refractivity contribution in [3.8, 4) is 11.8 Å². The number of benzene rings is 3. The molecule has 8 N–H and O–H groups in total. The highest BCUT2D eigenvalue weighted by molar-refractivity contribution is 6.12. The van der Waals surface area contributed by atoms with Crippen LogP contribution in [0.3, 0.4) is 0 Å². The van der Waals surface area contributed by atoms with Gasteiger partial charge in [0.05, 0.1) is 66.4 Å². The number of nitrogen functional groups attached to an aromatic ring is 1. The molecule has 0 saturated heterocycles. The van der Waals surface area contributed by atoms with E-state index in [-0.39, 0.29) is 120 Å². The van der Waals surface area contributed by atoms with Crippen molar-refractivity contribution in [1.82, 2.24) is 40.0 Å². The summed E-state index contributed by atoms with van der Waals surface area (Å²) in [6, 6.07) is 19.9. The number of aromatic nitrogens is 4. The molecule has 0 saturated carbocycles. The van der Waals surface area contributed by atoms with E-state index in [4.69, 9.17) is 39.9 Å². The number of rotatable bonds is 33. The molecule has 24 heteroatoms. The van der Waals surface area contributed by atoms with Crippen molar-refractivity contribution in [2.45, 2.75) is 84.8 Å². The maximum Gasteiger partial charge on any atom is 0.410 e. The summed E-state index contributed by atoms with van der Waals surface area (Å²) >= 11 is 0. The van der Waals surface area contributed by atoms with Crippen molar-refractivity contribution < 1.29 is 57.2 Å². The summed E-state index contributed by atoms with van der Waals surface area (Å²) in [6.07, 6.45) is 3.33. The predicted octanol–water partition coefficient (Wildman–Crippen LogP) is 3.55. The Labute approximate surface area is 457 Å². The van der Waals surface area contributed by atoms with E-state index < -0.39 is 41.6 Å². The van der Waals surface area contributed by atoms with Crippen LogP contribution in [0, 0.1) is 5.92 Å². The van der Waals surface area contributed by atoms with Crippen LogP contribution in [-0.2, 0) is 69.2 Å². The fourth-order valence-electron chi connectivity index (χ4n) is 8.24. The third-order valence-electron chi connectivity index (χ3n) is 12.4. The number of imide groups is 1. The molecule has 0 aliphatic carbocycles. The van der Waals surface area contributed by atoms with Crippen molar-refractivity contribution in [2.24, 2.45) is 11.7 Å². The standard InChI is InChI=1S/C55H71N11O13/c1-5-78-53-62-49(57)48-50(63-53)66(54(72)61-48)34-40-17-14-39(31-43(40)74-4)33-64(32-37-11-7-6-8-12-37)55(73)79-35-38-15-18-41(19-16-38)58-51(70)42(13-9-10-23-56)59-52(71)47(36(2)3)60-44(67)22-25-75-27-29-77-30-28-76-26-24-65-45(68)20-21-46(65)69/h6-8,11-12,14-21,31,36,42,47H,5,9-10,13,22-30,32-35,56H2,1-4H3,(H,58,70)(H,59,71)(H,60,67)(H,61,72)(H2,57,62,63)/t42-,47-/m0/s1. The number of carbonyl (C=O) groups is 6. The Bertz CT molecular complexity index is 2910. The Balaban J connectivity index is 0.982. The lowest BCUT2D eigenvalue weighted by Gasteiger charge is -2.25. The SMILES string of the molecule is CCOc1nc(N)c2[nH]c(=O)n(Cc3ccc(CN(Cc4ccccc4)C(=O)OCc4ccc(NC(=O)[C@H](CCCCN)NC(=O)[C@@H](NC(=O)CCOCCOCCOCCN5C(=O)C=CC5=O)C(C)C)cc4)cc3OC)c2n1. The zero-order chi connectivity index (χ0) is 56.7. The van der Waals surface area contributed by atoms with E-state index >= 15 is 0 Å². The minimum Gasteiger partial charge on any atom is -0.496 e. The molecule has 6 rings (SSSR count). The van der Waals surface area contributed by atoms with Crippen molar-refractivity contribution in [3.05, 3.63) is 118 Å². The van der Waals surface area contributed by atoms with Crippen LogP contribution in [0.2, 0.25) is 0 Å². The Kier molecular flexibility index (Phi) is 23.3. The van der Waals surface area contributed by atoms with Crippen LogP contribution < -0.4 is 42.6 Å². The van der Waals surface area contributed by atoms with Gasteiger partial charge in [-0.25, -0.2) is 9.59 Å². The average molecular weight is 1090 g/mol. The first-order valence-electron chi connectivity index (χ1n) is 26.1. The predicted molar refractivity (Wildman–Crippen MR) is 291 cm³/mol. The van der Waals surface area contributed by atoms with Crippen molar-refractivity contribution in [2.75, 3.05) is 77.5 Å². The second-order valence-electron chi connectivity index (χ2n) is 18.7. The fraction of sp³-hybridized carbons (Fsp3) is 0.436. The lowest BCUT2D eigenvalue weighted by atomic mass is 10.0.